The third-order valence-corrected chi connectivity index (χ3v) is 4.48. The summed E-state index contributed by atoms with van der Waals surface area (Å²) in [6.45, 7) is 7.34. The number of hydrogen-bond acceptors (Lipinski definition) is 1. The summed E-state index contributed by atoms with van der Waals surface area (Å²) in [4.78, 5) is 0. The minimum atomic E-state index is 0. The van der Waals surface area contributed by atoms with Gasteiger partial charge in [-0.05, 0) is 25.7 Å². The van der Waals surface area contributed by atoms with Crippen molar-refractivity contribution in [3.05, 3.63) is 0 Å². The van der Waals surface area contributed by atoms with Gasteiger partial charge in [0.1, 0.15) is 0 Å². The second-order valence-electron chi connectivity index (χ2n) is 7.27. The lowest BCUT2D eigenvalue weighted by Gasteiger charge is -2.30. The van der Waals surface area contributed by atoms with Gasteiger partial charge in [-0.25, -0.2) is 0 Å². The highest BCUT2D eigenvalue weighted by Gasteiger charge is 2.13. The molecule has 0 radical (unpaired) electrons. The van der Waals surface area contributed by atoms with Crippen LogP contribution in [0.2, 0.25) is 0 Å². The molecule has 2 heteroatoms. The van der Waals surface area contributed by atoms with E-state index in [9.17, 15) is 0 Å². The van der Waals surface area contributed by atoms with Crippen LogP contribution in [0, 0.1) is 0 Å². The van der Waals surface area contributed by atoms with Gasteiger partial charge >= 0.3 is 0 Å². The predicted octanol–water partition coefficient (Wildman–Crippen LogP) is 6.00. The first-order valence-electron chi connectivity index (χ1n) is 9.44. The molecule has 2 nitrogen and oxygen atoms in total. The van der Waals surface area contributed by atoms with E-state index in [0.29, 0.717) is 0 Å². The van der Waals surface area contributed by atoms with E-state index in [1.807, 2.05) is 0 Å². The van der Waals surface area contributed by atoms with Gasteiger partial charge in [-0.1, -0.05) is 71.6 Å². The lowest BCUT2D eigenvalue weighted by Crippen LogP contribution is -2.41. The molecule has 0 rings (SSSR count). The molecule has 0 aromatic heterocycles. The zero-order chi connectivity index (χ0) is 15.1. The molecule has 0 amide bonds. The molecule has 0 aliphatic heterocycles. The Hall–Kier alpha value is -0.0800. The highest BCUT2D eigenvalue weighted by atomic mass is 16.0. The maximum Gasteiger partial charge on any atom is 0.0782 e. The summed E-state index contributed by atoms with van der Waals surface area (Å²) >= 11 is 0. The van der Waals surface area contributed by atoms with Crippen molar-refractivity contribution in [2.75, 3.05) is 27.2 Å². The maximum absolute atomic E-state index is 2.42. The first-order valence-corrected chi connectivity index (χ1v) is 9.44. The quantitative estimate of drug-likeness (QED) is 0.269. The van der Waals surface area contributed by atoms with Gasteiger partial charge in [-0.3, -0.25) is 0 Å². The minimum absolute atomic E-state index is 0. The Morgan fingerprint density at radius 2 is 0.762 bits per heavy atom. The lowest BCUT2D eigenvalue weighted by atomic mass is 10.1. The molecule has 0 aromatic rings. The van der Waals surface area contributed by atoms with E-state index in [1.165, 1.54) is 101 Å². The van der Waals surface area contributed by atoms with Gasteiger partial charge < -0.3 is 9.96 Å². The summed E-state index contributed by atoms with van der Waals surface area (Å²) in [5, 5.41) is 0. The van der Waals surface area contributed by atoms with Gasteiger partial charge in [0.2, 0.25) is 0 Å². The van der Waals surface area contributed by atoms with Crippen LogP contribution in [0.15, 0.2) is 0 Å². The fourth-order valence-corrected chi connectivity index (χ4v) is 2.93. The predicted molar refractivity (Wildman–Crippen MR) is 95.1 cm³/mol. The molecule has 0 bridgehead atoms. The molecule has 130 valence electrons. The number of rotatable bonds is 15. The van der Waals surface area contributed by atoms with Crippen molar-refractivity contribution in [3.63, 3.8) is 0 Å². The fraction of sp³-hybridized carbons (Fsp3) is 1.00. The van der Waals surface area contributed by atoms with Gasteiger partial charge in [0.25, 0.3) is 0 Å². The number of quaternary nitrogens is 1. The van der Waals surface area contributed by atoms with Gasteiger partial charge in [0, 0.05) is 0 Å². The number of nitrogens with zero attached hydrogens (tertiary/aromatic N) is 1. The highest BCUT2D eigenvalue weighted by Crippen LogP contribution is 2.11. The SMILES string of the molecule is CCCCCCCCCC[N+](C)(C)CCCCCCC.[OH-]. The van der Waals surface area contributed by atoms with Gasteiger partial charge in [0.05, 0.1) is 27.2 Å². The summed E-state index contributed by atoms with van der Waals surface area (Å²) in [6, 6.07) is 0. The van der Waals surface area contributed by atoms with Crippen molar-refractivity contribution in [2.24, 2.45) is 0 Å². The first kappa shape index (κ1) is 23.2. The monoisotopic (exact) mass is 301 g/mol. The Balaban J connectivity index is 0. The van der Waals surface area contributed by atoms with E-state index in [2.05, 4.69) is 27.9 Å². The van der Waals surface area contributed by atoms with E-state index in [0.717, 1.165) is 0 Å². The van der Waals surface area contributed by atoms with Crippen molar-refractivity contribution in [2.45, 2.75) is 97.3 Å². The van der Waals surface area contributed by atoms with E-state index < -0.39 is 0 Å². The molecule has 0 atom stereocenters. The Bertz CT molecular complexity index is 192. The number of unbranched alkanes of at least 4 members (excludes halogenated alkanes) is 11. The average Bonchev–Trinajstić information content (AvgIpc) is 2.41. The molecular formula is C19H43NO. The summed E-state index contributed by atoms with van der Waals surface area (Å²) in [5.74, 6) is 0. The van der Waals surface area contributed by atoms with Crippen LogP contribution in [-0.4, -0.2) is 37.1 Å². The standard InChI is InChI=1S/C19H42N.H2O/c1-5-7-9-11-12-13-15-17-19-20(3,4)18-16-14-10-8-6-2;/h5-19H2,1-4H3;1H2/q+1;/p-1. The van der Waals surface area contributed by atoms with Crippen LogP contribution in [0.5, 0.6) is 0 Å². The molecule has 0 saturated heterocycles. The average molecular weight is 302 g/mol. The van der Waals surface area contributed by atoms with E-state index in [4.69, 9.17) is 0 Å². The van der Waals surface area contributed by atoms with Crippen LogP contribution in [0.25, 0.3) is 0 Å². The highest BCUT2D eigenvalue weighted by molar-refractivity contribution is 4.47. The van der Waals surface area contributed by atoms with Crippen molar-refractivity contribution in [1.82, 2.24) is 0 Å². The smallest absolute Gasteiger partial charge is 0.0782 e. The van der Waals surface area contributed by atoms with Crippen molar-refractivity contribution >= 4 is 0 Å². The Kier molecular flexibility index (Phi) is 18.0. The van der Waals surface area contributed by atoms with E-state index in [1.54, 1.807) is 0 Å². The number of hydrogen-bond donors (Lipinski definition) is 0. The molecule has 0 fully saturated rings. The zero-order valence-electron chi connectivity index (χ0n) is 15.5. The van der Waals surface area contributed by atoms with Crippen LogP contribution in [0.1, 0.15) is 97.3 Å². The van der Waals surface area contributed by atoms with Crippen molar-refractivity contribution in [3.8, 4) is 0 Å². The van der Waals surface area contributed by atoms with Crippen molar-refractivity contribution < 1.29 is 9.96 Å². The second-order valence-corrected chi connectivity index (χ2v) is 7.27. The van der Waals surface area contributed by atoms with Crippen LogP contribution < -0.4 is 0 Å². The summed E-state index contributed by atoms with van der Waals surface area (Å²) in [7, 11) is 4.84. The molecule has 0 aromatic carbocycles. The third kappa shape index (κ3) is 17.9. The van der Waals surface area contributed by atoms with E-state index in [-0.39, 0.29) is 5.48 Å². The molecule has 0 saturated carbocycles. The molecule has 0 aliphatic rings. The molecule has 0 spiro atoms. The fourth-order valence-electron chi connectivity index (χ4n) is 2.93. The molecule has 0 heterocycles. The lowest BCUT2D eigenvalue weighted by molar-refractivity contribution is -0.890. The molecular weight excluding hydrogens is 258 g/mol. The van der Waals surface area contributed by atoms with Crippen LogP contribution >= 0.6 is 0 Å². The topological polar surface area (TPSA) is 30.0 Å². The summed E-state index contributed by atoms with van der Waals surface area (Å²) in [5.41, 5.74) is 0. The summed E-state index contributed by atoms with van der Waals surface area (Å²) < 4.78 is 1.24. The largest absolute Gasteiger partial charge is 0.870 e. The first-order chi connectivity index (χ1) is 9.62. The molecule has 21 heavy (non-hydrogen) atoms. The normalized spacial score (nSPS) is 11.4. The maximum atomic E-state index is 2.42. The van der Waals surface area contributed by atoms with Crippen LogP contribution in [-0.2, 0) is 0 Å². The minimum Gasteiger partial charge on any atom is -0.870 e. The Morgan fingerprint density at radius 1 is 0.476 bits per heavy atom. The molecule has 0 unspecified atom stereocenters. The summed E-state index contributed by atoms with van der Waals surface area (Å²) in [6.07, 6.45) is 18.6. The third-order valence-electron chi connectivity index (χ3n) is 4.48. The van der Waals surface area contributed by atoms with Crippen LogP contribution in [0.3, 0.4) is 0 Å². The van der Waals surface area contributed by atoms with Gasteiger partial charge in [-0.2, -0.15) is 0 Å². The van der Waals surface area contributed by atoms with Gasteiger partial charge in [-0.15, -0.1) is 0 Å². The molecule has 0 aliphatic carbocycles. The van der Waals surface area contributed by atoms with Crippen LogP contribution in [0.4, 0.5) is 0 Å². The zero-order valence-corrected chi connectivity index (χ0v) is 15.5. The van der Waals surface area contributed by atoms with Crippen molar-refractivity contribution in [1.29, 1.82) is 0 Å². The molecule has 1 N–H and O–H groups in total. The Labute approximate surface area is 135 Å². The van der Waals surface area contributed by atoms with E-state index >= 15 is 0 Å². The second kappa shape index (κ2) is 16.3. The van der Waals surface area contributed by atoms with Gasteiger partial charge in [0.15, 0.2) is 0 Å². The Morgan fingerprint density at radius 3 is 1.10 bits per heavy atom.